The minimum atomic E-state index is -3.64. The molecule has 1 aliphatic carbocycles. The smallest absolute Gasteiger partial charge is 0.264 e. The molecule has 1 saturated carbocycles. The molecule has 3 atom stereocenters. The van der Waals surface area contributed by atoms with Crippen LogP contribution in [0.3, 0.4) is 0 Å². The number of fused-ring (bicyclic) bond motifs is 2. The van der Waals surface area contributed by atoms with Crippen LogP contribution in [0.4, 0.5) is 11.4 Å². The third kappa shape index (κ3) is 3.18. The van der Waals surface area contributed by atoms with Crippen molar-refractivity contribution in [3.8, 4) is 11.5 Å². The predicted molar refractivity (Wildman–Crippen MR) is 98.5 cm³/mol. The van der Waals surface area contributed by atoms with Gasteiger partial charge in [0, 0.05) is 0 Å². The first-order valence-corrected chi connectivity index (χ1v) is 10.5. The summed E-state index contributed by atoms with van der Waals surface area (Å²) in [6.45, 7) is 0. The number of hydrogen-bond acceptors (Lipinski definition) is 6. The third-order valence-electron chi connectivity index (χ3n) is 4.86. The van der Waals surface area contributed by atoms with Crippen LogP contribution >= 0.6 is 0 Å². The molecule has 4 rings (SSSR count). The van der Waals surface area contributed by atoms with E-state index < -0.39 is 22.3 Å². The highest BCUT2D eigenvalue weighted by molar-refractivity contribution is 7.86. The molecule has 1 fully saturated rings. The molecule has 1 aliphatic heterocycles. The van der Waals surface area contributed by atoms with Gasteiger partial charge in [0.05, 0.1) is 23.7 Å². The molecule has 2 aromatic carbocycles. The van der Waals surface area contributed by atoms with Crippen molar-refractivity contribution in [3.63, 3.8) is 0 Å². The quantitative estimate of drug-likeness (QED) is 0.831. The summed E-state index contributed by atoms with van der Waals surface area (Å²) in [6, 6.07) is 15.0. The number of nitrogens with zero attached hydrogens (tertiary/aromatic N) is 1. The van der Waals surface area contributed by atoms with E-state index in [-0.39, 0.29) is 6.04 Å². The Morgan fingerprint density at radius 2 is 1.62 bits per heavy atom. The first-order chi connectivity index (χ1) is 12.4. The van der Waals surface area contributed by atoms with Crippen molar-refractivity contribution in [1.29, 1.82) is 0 Å². The van der Waals surface area contributed by atoms with Gasteiger partial charge in [-0.3, -0.25) is 4.18 Å². The lowest BCUT2D eigenvalue weighted by atomic mass is 9.88. The van der Waals surface area contributed by atoms with Gasteiger partial charge in [0.2, 0.25) is 0 Å². The van der Waals surface area contributed by atoms with Crippen molar-refractivity contribution < 1.29 is 22.4 Å². The van der Waals surface area contributed by atoms with Crippen molar-refractivity contribution in [3.05, 3.63) is 48.5 Å². The van der Waals surface area contributed by atoms with Gasteiger partial charge in [0.1, 0.15) is 12.2 Å². The van der Waals surface area contributed by atoms with Crippen molar-refractivity contribution in [2.24, 2.45) is 0 Å². The van der Waals surface area contributed by atoms with E-state index in [1.165, 1.54) is 0 Å². The van der Waals surface area contributed by atoms with Crippen LogP contribution in [-0.2, 0) is 14.3 Å². The zero-order chi connectivity index (χ0) is 18.3. The molecule has 2 aromatic rings. The van der Waals surface area contributed by atoms with Crippen molar-refractivity contribution in [2.75, 3.05) is 11.2 Å². The number of hydrogen-bond donors (Lipinski definition) is 1. The van der Waals surface area contributed by atoms with E-state index in [0.717, 1.165) is 30.5 Å². The summed E-state index contributed by atoms with van der Waals surface area (Å²) in [4.78, 5) is 2.05. The fraction of sp³-hybridized carbons (Fsp3) is 0.368. The normalized spacial score (nSPS) is 25.2. The molecular formula is C19H21NO5S. The summed E-state index contributed by atoms with van der Waals surface area (Å²) in [6.07, 6.45) is 1.35. The molecule has 0 amide bonds. The van der Waals surface area contributed by atoms with Crippen LogP contribution in [0.25, 0.3) is 0 Å². The number of rotatable bonds is 3. The van der Waals surface area contributed by atoms with E-state index in [4.69, 9.17) is 8.92 Å². The molecule has 1 heterocycles. The van der Waals surface area contributed by atoms with Crippen LogP contribution < -0.4 is 9.64 Å². The lowest BCUT2D eigenvalue weighted by Gasteiger charge is -2.44. The number of ether oxygens (including phenoxy) is 1. The van der Waals surface area contributed by atoms with Gasteiger partial charge < -0.3 is 14.7 Å². The van der Waals surface area contributed by atoms with Crippen LogP contribution in [0.15, 0.2) is 48.5 Å². The molecule has 138 valence electrons. The van der Waals surface area contributed by atoms with E-state index in [1.807, 2.05) is 48.5 Å². The molecule has 26 heavy (non-hydrogen) atoms. The molecule has 7 heteroatoms. The van der Waals surface area contributed by atoms with Gasteiger partial charge in [-0.1, -0.05) is 24.3 Å². The second-order valence-electron chi connectivity index (χ2n) is 6.74. The van der Waals surface area contributed by atoms with Gasteiger partial charge in [-0.2, -0.15) is 8.42 Å². The lowest BCUT2D eigenvalue weighted by Crippen LogP contribution is -2.51. The maximum atomic E-state index is 11.6. The largest absolute Gasteiger partial charge is 0.453 e. The van der Waals surface area contributed by atoms with E-state index >= 15 is 0 Å². The lowest BCUT2D eigenvalue weighted by molar-refractivity contribution is -0.00220. The Hall–Kier alpha value is -2.09. The highest BCUT2D eigenvalue weighted by atomic mass is 32.2. The molecule has 0 aromatic heterocycles. The summed E-state index contributed by atoms with van der Waals surface area (Å²) in [5.74, 6) is 1.43. The van der Waals surface area contributed by atoms with Gasteiger partial charge in [-0.25, -0.2) is 0 Å². The molecule has 0 bridgehead atoms. The Labute approximate surface area is 153 Å². The van der Waals surface area contributed by atoms with Crippen LogP contribution in [0, 0.1) is 0 Å². The molecule has 1 N–H and O–H groups in total. The number of benzene rings is 2. The summed E-state index contributed by atoms with van der Waals surface area (Å²) in [7, 11) is -3.64. The first kappa shape index (κ1) is 17.3. The number of aliphatic hydroxyl groups excluding tert-OH is 1. The predicted octanol–water partition coefficient (Wildman–Crippen LogP) is 3.19. The Kier molecular flexibility index (Phi) is 4.38. The molecule has 0 radical (unpaired) electrons. The van der Waals surface area contributed by atoms with E-state index in [2.05, 4.69) is 4.90 Å². The third-order valence-corrected chi connectivity index (χ3v) is 5.46. The molecule has 0 spiro atoms. The van der Waals surface area contributed by atoms with Crippen molar-refractivity contribution >= 4 is 21.5 Å². The average Bonchev–Trinajstić information content (AvgIpc) is 2.61. The van der Waals surface area contributed by atoms with Gasteiger partial charge in [0.15, 0.2) is 11.5 Å². The van der Waals surface area contributed by atoms with Crippen LogP contribution in [-0.4, -0.2) is 38.0 Å². The van der Waals surface area contributed by atoms with Gasteiger partial charge in [-0.05, 0) is 43.5 Å². The Morgan fingerprint density at radius 1 is 1.04 bits per heavy atom. The first-order valence-electron chi connectivity index (χ1n) is 8.65. The highest BCUT2D eigenvalue weighted by Crippen LogP contribution is 2.49. The minimum absolute atomic E-state index is 0.304. The van der Waals surface area contributed by atoms with Crippen molar-refractivity contribution in [1.82, 2.24) is 0 Å². The Bertz CT molecular complexity index is 868. The van der Waals surface area contributed by atoms with Gasteiger partial charge in [0.25, 0.3) is 10.1 Å². The summed E-state index contributed by atoms with van der Waals surface area (Å²) in [5, 5.41) is 10.9. The van der Waals surface area contributed by atoms with Gasteiger partial charge >= 0.3 is 0 Å². The second-order valence-corrected chi connectivity index (χ2v) is 8.34. The Balaban J connectivity index is 1.75. The summed E-state index contributed by atoms with van der Waals surface area (Å²) >= 11 is 0. The number of aliphatic hydroxyl groups is 1. The van der Waals surface area contributed by atoms with Crippen LogP contribution in [0.1, 0.15) is 19.3 Å². The Morgan fingerprint density at radius 3 is 2.19 bits per heavy atom. The monoisotopic (exact) mass is 375 g/mol. The molecule has 6 nitrogen and oxygen atoms in total. The fourth-order valence-electron chi connectivity index (χ4n) is 3.82. The zero-order valence-corrected chi connectivity index (χ0v) is 15.2. The fourth-order valence-corrected chi connectivity index (χ4v) is 4.48. The maximum absolute atomic E-state index is 11.6. The van der Waals surface area contributed by atoms with E-state index in [9.17, 15) is 13.5 Å². The molecule has 0 saturated heterocycles. The molecule has 3 unspecified atom stereocenters. The minimum Gasteiger partial charge on any atom is -0.453 e. The highest BCUT2D eigenvalue weighted by Gasteiger charge is 2.41. The molecule has 2 aliphatic rings. The topological polar surface area (TPSA) is 76.1 Å². The van der Waals surface area contributed by atoms with E-state index in [0.29, 0.717) is 17.9 Å². The summed E-state index contributed by atoms with van der Waals surface area (Å²) < 4.78 is 34.3. The SMILES string of the molecule is CS(=O)(=O)OC1CCCC(N2c3ccccc3Oc3ccccc32)C1O. The number of anilines is 2. The summed E-state index contributed by atoms with van der Waals surface area (Å²) in [5.41, 5.74) is 1.71. The van der Waals surface area contributed by atoms with Crippen molar-refractivity contribution in [2.45, 2.75) is 37.5 Å². The second kappa shape index (κ2) is 6.57. The van der Waals surface area contributed by atoms with Crippen LogP contribution in [0.5, 0.6) is 11.5 Å². The molecular weight excluding hydrogens is 354 g/mol. The maximum Gasteiger partial charge on any atom is 0.264 e. The average molecular weight is 375 g/mol. The van der Waals surface area contributed by atoms with Gasteiger partial charge in [-0.15, -0.1) is 0 Å². The standard InChI is InChI=1S/C19H21NO5S/c1-26(22,23)25-18-12-6-9-15(19(18)21)20-13-7-2-4-10-16(13)24-17-11-5-3-8-14(17)20/h2-5,7-8,10-11,15,18-19,21H,6,9,12H2,1H3. The zero-order valence-electron chi connectivity index (χ0n) is 14.4. The van der Waals surface area contributed by atoms with Crippen LogP contribution in [0.2, 0.25) is 0 Å². The van der Waals surface area contributed by atoms with E-state index in [1.54, 1.807) is 0 Å². The number of para-hydroxylation sites is 4.